The molecule has 0 saturated carbocycles. The quantitative estimate of drug-likeness (QED) is 0.527. The van der Waals surface area contributed by atoms with Crippen LogP contribution in [0.5, 0.6) is 0 Å². The second-order valence-corrected chi connectivity index (χ2v) is 2.33. The average Bonchev–Trinajstić information content (AvgIpc) is 1.80. The van der Waals surface area contributed by atoms with Crippen molar-refractivity contribution in [1.82, 2.24) is 4.90 Å². The zero-order valence-electron chi connectivity index (χ0n) is 6.97. The molecule has 1 radical (unpaired) electrons. The van der Waals surface area contributed by atoms with Crippen molar-refractivity contribution in [3.63, 3.8) is 0 Å². The summed E-state index contributed by atoms with van der Waals surface area (Å²) in [7, 11) is 0. The molecule has 0 aromatic carbocycles. The van der Waals surface area contributed by atoms with E-state index in [1.165, 1.54) is 0 Å². The van der Waals surface area contributed by atoms with Crippen molar-refractivity contribution in [3.8, 4) is 0 Å². The van der Waals surface area contributed by atoms with Crippen molar-refractivity contribution in [3.05, 3.63) is 0 Å². The molecule has 8 heteroatoms. The summed E-state index contributed by atoms with van der Waals surface area (Å²) >= 11 is 0. The molecule has 0 spiro atoms. The Bertz CT molecular complexity index is 192. The van der Waals surface area contributed by atoms with Crippen molar-refractivity contribution in [1.29, 1.82) is 0 Å². The molecule has 0 aliphatic heterocycles. The first-order valence-corrected chi connectivity index (χ1v) is 3.29. The van der Waals surface area contributed by atoms with Crippen LogP contribution in [0, 0.1) is 0 Å². The molecule has 0 heterocycles. The van der Waals surface area contributed by atoms with Crippen LogP contribution in [0.4, 0.5) is 0 Å². The first kappa shape index (κ1) is 15.4. The van der Waals surface area contributed by atoms with E-state index in [0.717, 1.165) is 4.90 Å². The second kappa shape index (κ2) is 7.30. The molecule has 7 nitrogen and oxygen atoms in total. The smallest absolute Gasteiger partial charge is 0.480 e. The SMILES string of the molecule is O=C(O)CN(CC(=O)O)CC(=O)O.[Co+2]. The minimum absolute atomic E-state index is 0. The van der Waals surface area contributed by atoms with Gasteiger partial charge in [0.1, 0.15) is 0 Å². The van der Waals surface area contributed by atoms with Crippen molar-refractivity contribution >= 4 is 17.9 Å². The number of hydrogen-bond acceptors (Lipinski definition) is 4. The third-order valence-electron chi connectivity index (χ3n) is 1.08. The largest absolute Gasteiger partial charge is 2.00 e. The molecule has 0 fully saturated rings. The number of carboxylic acids is 3. The molecule has 14 heavy (non-hydrogen) atoms. The van der Waals surface area contributed by atoms with Crippen molar-refractivity contribution in [2.24, 2.45) is 0 Å². The molecule has 0 atom stereocenters. The fourth-order valence-electron chi connectivity index (χ4n) is 0.742. The summed E-state index contributed by atoms with van der Waals surface area (Å²) in [6.07, 6.45) is 0. The van der Waals surface area contributed by atoms with Crippen LogP contribution in [0.25, 0.3) is 0 Å². The van der Waals surface area contributed by atoms with E-state index in [-0.39, 0.29) is 16.8 Å². The van der Waals surface area contributed by atoms with E-state index in [0.29, 0.717) is 0 Å². The maximum atomic E-state index is 10.1. The molecule has 0 aliphatic rings. The van der Waals surface area contributed by atoms with Crippen molar-refractivity contribution in [2.45, 2.75) is 0 Å². The summed E-state index contributed by atoms with van der Waals surface area (Å²) in [5.74, 6) is -3.78. The van der Waals surface area contributed by atoms with E-state index in [1.54, 1.807) is 0 Å². The van der Waals surface area contributed by atoms with Gasteiger partial charge in [0.15, 0.2) is 0 Å². The predicted molar refractivity (Wildman–Crippen MR) is 39.3 cm³/mol. The Kier molecular flexibility index (Phi) is 8.00. The fraction of sp³-hybridized carbons (Fsp3) is 0.500. The Morgan fingerprint density at radius 3 is 1.14 bits per heavy atom. The van der Waals surface area contributed by atoms with Crippen LogP contribution in [-0.4, -0.2) is 57.8 Å². The third-order valence-corrected chi connectivity index (χ3v) is 1.08. The van der Waals surface area contributed by atoms with Crippen LogP contribution in [0.2, 0.25) is 0 Å². The van der Waals surface area contributed by atoms with Gasteiger partial charge in [0, 0.05) is 0 Å². The van der Waals surface area contributed by atoms with Gasteiger partial charge in [-0.3, -0.25) is 19.3 Å². The summed E-state index contributed by atoms with van der Waals surface area (Å²) in [5.41, 5.74) is 0. The minimum Gasteiger partial charge on any atom is -0.480 e. The molecule has 3 N–H and O–H groups in total. The van der Waals surface area contributed by atoms with Gasteiger partial charge in [0.05, 0.1) is 19.6 Å². The van der Waals surface area contributed by atoms with Gasteiger partial charge in [0.2, 0.25) is 0 Å². The minimum atomic E-state index is -1.26. The zero-order valence-corrected chi connectivity index (χ0v) is 8.01. The number of carbonyl (C=O) groups is 3. The molecule has 0 aromatic rings. The van der Waals surface area contributed by atoms with Gasteiger partial charge in [-0.25, -0.2) is 0 Å². The van der Waals surface area contributed by atoms with E-state index in [2.05, 4.69) is 0 Å². The number of carboxylic acid groups (broad SMARTS) is 3. The molecule has 0 unspecified atom stereocenters. The standard InChI is InChI=1S/C6H9NO6.Co/c8-4(9)1-7(2-5(10)11)3-6(12)13;/h1-3H2,(H,8,9)(H,10,11)(H,12,13);/q;+2. The van der Waals surface area contributed by atoms with Crippen LogP contribution in [0.1, 0.15) is 0 Å². The Morgan fingerprint density at radius 1 is 0.786 bits per heavy atom. The van der Waals surface area contributed by atoms with E-state index in [9.17, 15) is 14.4 Å². The number of nitrogens with zero attached hydrogens (tertiary/aromatic N) is 1. The zero-order chi connectivity index (χ0) is 10.4. The van der Waals surface area contributed by atoms with Gasteiger partial charge >= 0.3 is 34.7 Å². The van der Waals surface area contributed by atoms with Crippen molar-refractivity contribution in [2.75, 3.05) is 19.6 Å². The molecule has 0 aromatic heterocycles. The van der Waals surface area contributed by atoms with Gasteiger partial charge in [-0.2, -0.15) is 0 Å². The number of rotatable bonds is 6. The summed E-state index contributed by atoms with van der Waals surface area (Å²) in [4.78, 5) is 31.2. The molecule has 0 amide bonds. The van der Waals surface area contributed by atoms with Gasteiger partial charge in [0.25, 0.3) is 0 Å². The van der Waals surface area contributed by atoms with Crippen LogP contribution >= 0.6 is 0 Å². The maximum Gasteiger partial charge on any atom is 2.00 e. The maximum absolute atomic E-state index is 10.1. The Hall–Kier alpha value is -1.12. The summed E-state index contributed by atoms with van der Waals surface area (Å²) in [6, 6.07) is 0. The topological polar surface area (TPSA) is 115 Å². The summed E-state index contributed by atoms with van der Waals surface area (Å²) in [6.45, 7) is -1.80. The molecule has 0 saturated heterocycles. The number of aliphatic carboxylic acids is 3. The van der Waals surface area contributed by atoms with Crippen molar-refractivity contribution < 1.29 is 46.5 Å². The molecular weight excluding hydrogens is 241 g/mol. The Balaban J connectivity index is 0. The van der Waals surface area contributed by atoms with E-state index in [1.807, 2.05) is 0 Å². The van der Waals surface area contributed by atoms with Gasteiger partial charge in [-0.15, -0.1) is 0 Å². The normalized spacial score (nSPS) is 9.21. The van der Waals surface area contributed by atoms with Gasteiger partial charge < -0.3 is 15.3 Å². The third kappa shape index (κ3) is 8.97. The summed E-state index contributed by atoms with van der Waals surface area (Å²) in [5, 5.41) is 24.8. The first-order valence-electron chi connectivity index (χ1n) is 3.29. The molecule has 0 aliphatic carbocycles. The van der Waals surface area contributed by atoms with Gasteiger partial charge in [-0.05, 0) is 0 Å². The van der Waals surface area contributed by atoms with Crippen LogP contribution in [0.15, 0.2) is 0 Å². The van der Waals surface area contributed by atoms with Crippen LogP contribution in [-0.2, 0) is 31.2 Å². The second-order valence-electron chi connectivity index (χ2n) is 2.33. The average molecular weight is 250 g/mol. The summed E-state index contributed by atoms with van der Waals surface area (Å²) < 4.78 is 0. The fourth-order valence-corrected chi connectivity index (χ4v) is 0.742. The van der Waals surface area contributed by atoms with E-state index < -0.39 is 37.5 Å². The molecule has 0 bridgehead atoms. The monoisotopic (exact) mass is 250 g/mol. The Labute approximate surface area is 89.5 Å². The molecule has 0 rings (SSSR count). The van der Waals surface area contributed by atoms with E-state index in [4.69, 9.17) is 15.3 Å². The molecular formula is C6H9CoNO6+2. The molecule has 81 valence electrons. The Morgan fingerprint density at radius 2 is 1.00 bits per heavy atom. The first-order chi connectivity index (χ1) is 5.91. The predicted octanol–water partition coefficient (Wildman–Crippen LogP) is -1.46. The van der Waals surface area contributed by atoms with Crippen LogP contribution in [0.3, 0.4) is 0 Å². The number of hydrogen-bond donors (Lipinski definition) is 3. The van der Waals surface area contributed by atoms with Gasteiger partial charge in [-0.1, -0.05) is 0 Å². The van der Waals surface area contributed by atoms with E-state index >= 15 is 0 Å². The van der Waals surface area contributed by atoms with Crippen LogP contribution < -0.4 is 0 Å².